The average molecular weight is 481 g/mol. The van der Waals surface area contributed by atoms with Crippen LogP contribution in [0.4, 0.5) is 5.69 Å². The summed E-state index contributed by atoms with van der Waals surface area (Å²) in [5.74, 6) is -1.01. The Kier molecular flexibility index (Phi) is 6.45. The van der Waals surface area contributed by atoms with E-state index >= 15 is 0 Å². The first kappa shape index (κ1) is 22.9. The summed E-state index contributed by atoms with van der Waals surface area (Å²) in [6, 6.07) is 12.3. The highest BCUT2D eigenvalue weighted by Crippen LogP contribution is 2.36. The Morgan fingerprint density at radius 3 is 2.35 bits per heavy atom. The summed E-state index contributed by atoms with van der Waals surface area (Å²) in [6.07, 6.45) is 2.67. The van der Waals surface area contributed by atoms with E-state index in [1.807, 2.05) is 0 Å². The van der Waals surface area contributed by atoms with Crippen LogP contribution < -0.4 is 9.46 Å². The lowest BCUT2D eigenvalue weighted by molar-refractivity contribution is -0.152. The predicted molar refractivity (Wildman–Crippen MR) is 119 cm³/mol. The number of carbonyl (C=O) groups is 1. The molecule has 0 atom stereocenters. The van der Waals surface area contributed by atoms with Gasteiger partial charge in [0.05, 0.1) is 5.69 Å². The lowest BCUT2D eigenvalue weighted by Crippen LogP contribution is -2.37. The van der Waals surface area contributed by atoms with Crippen molar-refractivity contribution >= 4 is 44.9 Å². The molecule has 0 fully saturated rings. The Morgan fingerprint density at radius 2 is 1.77 bits per heavy atom. The number of carboxylic acid groups (broad SMARTS) is 1. The van der Waals surface area contributed by atoms with Crippen molar-refractivity contribution in [3.8, 4) is 16.9 Å². The van der Waals surface area contributed by atoms with Crippen molar-refractivity contribution in [3.63, 3.8) is 0 Å². The van der Waals surface area contributed by atoms with Crippen molar-refractivity contribution in [1.82, 2.24) is 4.98 Å². The molecule has 0 unspecified atom stereocenters. The van der Waals surface area contributed by atoms with Crippen LogP contribution in [0.5, 0.6) is 5.75 Å². The second-order valence-electron chi connectivity index (χ2n) is 7.08. The highest BCUT2D eigenvalue weighted by atomic mass is 35.5. The van der Waals surface area contributed by atoms with E-state index < -0.39 is 21.6 Å². The minimum absolute atomic E-state index is 0.0396. The average Bonchev–Trinajstić information content (AvgIpc) is 2.67. The number of nitrogens with zero attached hydrogens (tertiary/aromatic N) is 1. The zero-order valence-electron chi connectivity index (χ0n) is 16.5. The van der Waals surface area contributed by atoms with Crippen molar-refractivity contribution in [2.75, 3.05) is 4.72 Å². The Balaban J connectivity index is 2.12. The molecule has 0 saturated heterocycles. The number of hydrogen-bond acceptors (Lipinski definition) is 5. The number of benzene rings is 2. The molecule has 3 aromatic rings. The van der Waals surface area contributed by atoms with E-state index in [1.165, 1.54) is 50.5 Å². The van der Waals surface area contributed by atoms with Gasteiger partial charge in [-0.15, -0.1) is 0 Å². The van der Waals surface area contributed by atoms with E-state index in [0.29, 0.717) is 21.2 Å². The van der Waals surface area contributed by atoms with Gasteiger partial charge in [0.25, 0.3) is 10.0 Å². The van der Waals surface area contributed by atoms with E-state index in [4.69, 9.17) is 27.9 Å². The fraction of sp³-hybridized carbons (Fsp3) is 0.143. The van der Waals surface area contributed by atoms with E-state index in [0.717, 1.165) is 0 Å². The molecule has 3 rings (SSSR count). The fourth-order valence-corrected chi connectivity index (χ4v) is 4.24. The first-order chi connectivity index (χ1) is 14.5. The first-order valence-electron chi connectivity index (χ1n) is 8.94. The molecule has 0 saturated carbocycles. The van der Waals surface area contributed by atoms with Gasteiger partial charge in [0.15, 0.2) is 5.60 Å². The van der Waals surface area contributed by atoms with Gasteiger partial charge in [-0.05, 0) is 61.9 Å². The Hall–Kier alpha value is -2.81. The van der Waals surface area contributed by atoms with E-state index in [9.17, 15) is 18.3 Å². The van der Waals surface area contributed by atoms with E-state index in [1.54, 1.807) is 24.3 Å². The molecule has 0 bridgehead atoms. The van der Waals surface area contributed by atoms with Crippen LogP contribution in [0.1, 0.15) is 13.8 Å². The number of pyridine rings is 1. The third-order valence-corrected chi connectivity index (χ3v) is 6.03. The molecule has 2 aromatic carbocycles. The molecule has 10 heteroatoms. The van der Waals surface area contributed by atoms with Gasteiger partial charge in [-0.2, -0.15) is 0 Å². The standard InChI is InChI=1S/C21H18Cl2N2O5S/c1-21(2,20(26)27)30-16-5-6-18(13-8-14(22)10-15(23)9-13)19(11-16)25-31(28,29)17-4-3-7-24-12-17/h3-12,25H,1-2H3,(H,26,27). The third-order valence-electron chi connectivity index (χ3n) is 4.24. The number of aliphatic carboxylic acids is 1. The molecule has 0 spiro atoms. The van der Waals surface area contributed by atoms with Crippen molar-refractivity contribution < 1.29 is 23.1 Å². The van der Waals surface area contributed by atoms with Gasteiger partial charge in [-0.1, -0.05) is 23.2 Å². The van der Waals surface area contributed by atoms with Crippen molar-refractivity contribution in [2.45, 2.75) is 24.3 Å². The second-order valence-corrected chi connectivity index (χ2v) is 9.63. The topological polar surface area (TPSA) is 106 Å². The molecule has 0 aliphatic heterocycles. The number of halogens is 2. The molecule has 1 heterocycles. The minimum Gasteiger partial charge on any atom is -0.478 e. The quantitative estimate of drug-likeness (QED) is 0.487. The van der Waals surface area contributed by atoms with Crippen LogP contribution in [0.2, 0.25) is 10.0 Å². The van der Waals surface area contributed by atoms with Gasteiger partial charge >= 0.3 is 5.97 Å². The smallest absolute Gasteiger partial charge is 0.347 e. The summed E-state index contributed by atoms with van der Waals surface area (Å²) in [5.41, 5.74) is -0.343. The summed E-state index contributed by atoms with van der Waals surface area (Å²) >= 11 is 12.2. The second kappa shape index (κ2) is 8.74. The predicted octanol–water partition coefficient (Wildman–Crippen LogP) is 5.10. The van der Waals surface area contributed by atoms with Gasteiger partial charge in [-0.3, -0.25) is 9.71 Å². The normalized spacial score (nSPS) is 11.7. The summed E-state index contributed by atoms with van der Waals surface area (Å²) in [4.78, 5) is 15.2. The van der Waals surface area contributed by atoms with Crippen molar-refractivity contribution in [3.05, 3.63) is 71.0 Å². The zero-order valence-corrected chi connectivity index (χ0v) is 18.8. The fourth-order valence-electron chi connectivity index (χ4n) is 2.68. The largest absolute Gasteiger partial charge is 0.478 e. The maximum Gasteiger partial charge on any atom is 0.347 e. The summed E-state index contributed by atoms with van der Waals surface area (Å²) in [7, 11) is -3.99. The van der Waals surface area contributed by atoms with Crippen LogP contribution in [0.15, 0.2) is 65.8 Å². The maximum atomic E-state index is 12.9. The molecule has 7 nitrogen and oxygen atoms in total. The molecule has 2 N–H and O–H groups in total. The van der Waals surface area contributed by atoms with Gasteiger partial charge in [0.2, 0.25) is 0 Å². The van der Waals surface area contributed by atoms with Gasteiger partial charge in [-0.25, -0.2) is 13.2 Å². The van der Waals surface area contributed by atoms with Crippen LogP contribution >= 0.6 is 23.2 Å². The molecular weight excluding hydrogens is 463 g/mol. The minimum atomic E-state index is -3.99. The van der Waals surface area contributed by atoms with Crippen LogP contribution in [-0.2, 0) is 14.8 Å². The number of carboxylic acids is 1. The summed E-state index contributed by atoms with van der Waals surface area (Å²) < 4.78 is 33.8. The number of ether oxygens (including phenoxy) is 1. The SMILES string of the molecule is CC(C)(Oc1ccc(-c2cc(Cl)cc(Cl)c2)c(NS(=O)(=O)c2cccnc2)c1)C(=O)O. The molecule has 31 heavy (non-hydrogen) atoms. The first-order valence-corrected chi connectivity index (χ1v) is 11.2. The lowest BCUT2D eigenvalue weighted by Gasteiger charge is -2.23. The number of hydrogen-bond donors (Lipinski definition) is 2. The molecule has 0 amide bonds. The molecule has 0 aliphatic rings. The zero-order chi connectivity index (χ0) is 22.8. The molecule has 0 radical (unpaired) electrons. The number of nitrogens with one attached hydrogen (secondary N) is 1. The Morgan fingerprint density at radius 1 is 1.10 bits per heavy atom. The van der Waals surface area contributed by atoms with E-state index in [2.05, 4.69) is 9.71 Å². The summed E-state index contributed by atoms with van der Waals surface area (Å²) in [5, 5.41) is 10.1. The molecule has 1 aromatic heterocycles. The van der Waals surface area contributed by atoms with Crippen LogP contribution in [0.3, 0.4) is 0 Å². The Bertz CT molecular complexity index is 1210. The number of sulfonamides is 1. The van der Waals surface area contributed by atoms with Gasteiger partial charge in [0.1, 0.15) is 10.6 Å². The highest BCUT2D eigenvalue weighted by Gasteiger charge is 2.30. The molecule has 162 valence electrons. The van der Waals surface area contributed by atoms with Gasteiger partial charge in [0, 0.05) is 34.1 Å². The Labute approximate surface area is 189 Å². The highest BCUT2D eigenvalue weighted by molar-refractivity contribution is 7.92. The van der Waals surface area contributed by atoms with Crippen LogP contribution in [0, 0.1) is 0 Å². The maximum absolute atomic E-state index is 12.9. The van der Waals surface area contributed by atoms with Gasteiger partial charge < -0.3 is 9.84 Å². The van der Waals surface area contributed by atoms with Crippen molar-refractivity contribution in [2.24, 2.45) is 0 Å². The molecule has 0 aliphatic carbocycles. The monoisotopic (exact) mass is 480 g/mol. The van der Waals surface area contributed by atoms with Crippen LogP contribution in [-0.4, -0.2) is 30.1 Å². The number of aromatic nitrogens is 1. The third kappa shape index (κ3) is 5.46. The lowest BCUT2D eigenvalue weighted by atomic mass is 10.0. The number of anilines is 1. The van der Waals surface area contributed by atoms with E-state index in [-0.39, 0.29) is 16.3 Å². The van der Waals surface area contributed by atoms with Crippen molar-refractivity contribution in [1.29, 1.82) is 0 Å². The molecular formula is C21H18Cl2N2O5S. The van der Waals surface area contributed by atoms with Crippen LogP contribution in [0.25, 0.3) is 11.1 Å². The number of rotatable bonds is 7. The summed E-state index contributed by atoms with van der Waals surface area (Å²) in [6.45, 7) is 2.78.